The zero-order valence-electron chi connectivity index (χ0n) is 17.9. The van der Waals surface area contributed by atoms with E-state index in [-0.39, 0.29) is 0 Å². The molecule has 1 heterocycles. The van der Waals surface area contributed by atoms with Gasteiger partial charge in [0, 0.05) is 24.9 Å². The Kier molecular flexibility index (Phi) is 3.70. The largest absolute Gasteiger partial charge is 0.455 e. The molecule has 2 aliphatic rings. The van der Waals surface area contributed by atoms with Crippen LogP contribution in [0.25, 0.3) is 44.2 Å². The number of hydrogen-bond donors (Lipinski definition) is 0. The van der Waals surface area contributed by atoms with Gasteiger partial charge in [0.15, 0.2) is 0 Å². The van der Waals surface area contributed by atoms with Gasteiger partial charge in [-0.1, -0.05) is 78.3 Å². The fourth-order valence-electron chi connectivity index (χ4n) is 6.39. The van der Waals surface area contributed by atoms with E-state index >= 15 is 0 Å². The molecule has 1 nitrogen and oxygen atoms in total. The van der Waals surface area contributed by atoms with Crippen LogP contribution in [0.2, 0.25) is 5.02 Å². The van der Waals surface area contributed by atoms with E-state index in [9.17, 15) is 0 Å². The van der Waals surface area contributed by atoms with Crippen LogP contribution in [0.4, 0.5) is 0 Å². The monoisotopic (exact) mass is 566 g/mol. The van der Waals surface area contributed by atoms with Crippen LogP contribution in [0.1, 0.15) is 22.3 Å². The second kappa shape index (κ2) is 6.53. The Hall–Kier alpha value is -3.08. The molecule has 6 aromatic rings. The summed E-state index contributed by atoms with van der Waals surface area (Å²) in [5, 5.41) is 3.06. The molecule has 0 aliphatic heterocycles. The van der Waals surface area contributed by atoms with Gasteiger partial charge < -0.3 is 4.42 Å². The molecule has 160 valence electrons. The lowest BCUT2D eigenvalue weighted by molar-refractivity contribution is 0.669. The van der Waals surface area contributed by atoms with Crippen LogP contribution < -0.4 is 0 Å². The summed E-state index contributed by atoms with van der Waals surface area (Å²) in [6, 6.07) is 34.8. The zero-order chi connectivity index (χ0) is 22.6. The van der Waals surface area contributed by atoms with E-state index < -0.39 is 5.41 Å². The number of halogens is 2. The first-order valence-corrected chi connectivity index (χ1v) is 12.8. The Labute approximate surface area is 215 Å². The van der Waals surface area contributed by atoms with E-state index in [0.717, 1.165) is 27.0 Å². The van der Waals surface area contributed by atoms with Crippen molar-refractivity contribution in [3.63, 3.8) is 0 Å². The third-order valence-electron chi connectivity index (χ3n) is 7.61. The normalized spacial score (nSPS) is 17.2. The molecule has 0 bridgehead atoms. The Balaban J connectivity index is 1.63. The van der Waals surface area contributed by atoms with Gasteiger partial charge in [0.2, 0.25) is 0 Å². The van der Waals surface area contributed by atoms with Crippen LogP contribution in [0.15, 0.2) is 101 Å². The average Bonchev–Trinajstić information content (AvgIpc) is 3.47. The first kappa shape index (κ1) is 19.2. The lowest BCUT2D eigenvalue weighted by atomic mass is 9.70. The van der Waals surface area contributed by atoms with E-state index in [1.165, 1.54) is 48.1 Å². The predicted octanol–water partition coefficient (Wildman–Crippen LogP) is 9.19. The lowest BCUT2D eigenvalue weighted by Gasteiger charge is -2.30. The molecule has 0 amide bonds. The molecule has 2 aliphatic carbocycles. The Bertz CT molecular complexity index is 1850. The SMILES string of the molecule is Clc1ccc2c(c1)C1(c3ccccc3-c3ccc(I)cc31)c1ccc3c(oc4ccccc43)c1-2. The highest BCUT2D eigenvalue weighted by Crippen LogP contribution is 2.64. The number of benzene rings is 5. The van der Waals surface area contributed by atoms with Crippen molar-refractivity contribution in [3.8, 4) is 22.3 Å². The number of hydrogen-bond acceptors (Lipinski definition) is 1. The lowest BCUT2D eigenvalue weighted by Crippen LogP contribution is -2.26. The molecule has 5 aromatic carbocycles. The molecule has 0 saturated carbocycles. The van der Waals surface area contributed by atoms with Gasteiger partial charge in [0.1, 0.15) is 11.2 Å². The minimum Gasteiger partial charge on any atom is -0.455 e. The molecule has 0 radical (unpaired) electrons. The highest BCUT2D eigenvalue weighted by atomic mass is 127. The molecule has 3 heteroatoms. The minimum absolute atomic E-state index is 0.421. The van der Waals surface area contributed by atoms with Crippen molar-refractivity contribution in [2.24, 2.45) is 0 Å². The fourth-order valence-corrected chi connectivity index (χ4v) is 7.05. The molecule has 1 unspecified atom stereocenters. The van der Waals surface area contributed by atoms with Crippen molar-refractivity contribution in [2.45, 2.75) is 5.41 Å². The summed E-state index contributed by atoms with van der Waals surface area (Å²) in [7, 11) is 0. The highest BCUT2D eigenvalue weighted by Gasteiger charge is 2.52. The molecular weight excluding hydrogens is 551 g/mol. The smallest absolute Gasteiger partial charge is 0.143 e. The van der Waals surface area contributed by atoms with Gasteiger partial charge in [-0.15, -0.1) is 0 Å². The Morgan fingerprint density at radius 1 is 0.618 bits per heavy atom. The summed E-state index contributed by atoms with van der Waals surface area (Å²) in [6.07, 6.45) is 0. The van der Waals surface area contributed by atoms with Gasteiger partial charge in [-0.25, -0.2) is 0 Å². The van der Waals surface area contributed by atoms with E-state index in [1.807, 2.05) is 12.1 Å². The number of fused-ring (bicyclic) bond motifs is 14. The van der Waals surface area contributed by atoms with E-state index in [0.29, 0.717) is 0 Å². The summed E-state index contributed by atoms with van der Waals surface area (Å²) in [5.41, 5.74) is 11.5. The topological polar surface area (TPSA) is 13.1 Å². The summed E-state index contributed by atoms with van der Waals surface area (Å²) < 4.78 is 7.78. The molecule has 1 spiro atoms. The molecule has 0 N–H and O–H groups in total. The van der Waals surface area contributed by atoms with Crippen molar-refractivity contribution >= 4 is 56.1 Å². The van der Waals surface area contributed by atoms with Crippen molar-refractivity contribution in [1.82, 2.24) is 0 Å². The molecule has 34 heavy (non-hydrogen) atoms. The standard InChI is InChI=1S/C31H16ClIO/c32-17-9-11-23-26(15-17)31(24-7-3-1-5-19(24)20-12-10-18(33)16-27(20)31)25-14-13-22-21-6-2-4-8-28(21)34-30(22)29(23)25/h1-16H. The van der Waals surface area contributed by atoms with Crippen molar-refractivity contribution in [3.05, 3.63) is 128 Å². The predicted molar refractivity (Wildman–Crippen MR) is 148 cm³/mol. The molecule has 8 rings (SSSR count). The van der Waals surface area contributed by atoms with Crippen LogP contribution in [0.5, 0.6) is 0 Å². The summed E-state index contributed by atoms with van der Waals surface area (Å²) in [4.78, 5) is 0. The van der Waals surface area contributed by atoms with Crippen molar-refractivity contribution < 1.29 is 4.42 Å². The summed E-state index contributed by atoms with van der Waals surface area (Å²) in [6.45, 7) is 0. The van der Waals surface area contributed by atoms with Crippen LogP contribution in [0, 0.1) is 3.57 Å². The third kappa shape index (κ3) is 2.17. The summed E-state index contributed by atoms with van der Waals surface area (Å²) >= 11 is 9.10. The third-order valence-corrected chi connectivity index (χ3v) is 8.52. The van der Waals surface area contributed by atoms with Gasteiger partial charge in [-0.3, -0.25) is 0 Å². The van der Waals surface area contributed by atoms with Gasteiger partial charge >= 0.3 is 0 Å². The molecule has 1 atom stereocenters. The first-order valence-electron chi connectivity index (χ1n) is 11.3. The quantitative estimate of drug-likeness (QED) is 0.167. The highest BCUT2D eigenvalue weighted by molar-refractivity contribution is 14.1. The number of rotatable bonds is 0. The fraction of sp³-hybridized carbons (Fsp3) is 0.0323. The van der Waals surface area contributed by atoms with Crippen molar-refractivity contribution in [2.75, 3.05) is 0 Å². The minimum atomic E-state index is -0.421. The van der Waals surface area contributed by atoms with Crippen LogP contribution in [-0.2, 0) is 5.41 Å². The average molecular weight is 567 g/mol. The number of para-hydroxylation sites is 1. The van der Waals surface area contributed by atoms with Gasteiger partial charge in [0.05, 0.1) is 5.41 Å². The van der Waals surface area contributed by atoms with Gasteiger partial charge in [0.25, 0.3) is 0 Å². The van der Waals surface area contributed by atoms with Crippen LogP contribution >= 0.6 is 34.2 Å². The Morgan fingerprint density at radius 3 is 2.32 bits per heavy atom. The molecule has 1 aromatic heterocycles. The van der Waals surface area contributed by atoms with Crippen LogP contribution in [0.3, 0.4) is 0 Å². The second-order valence-corrected chi connectivity index (χ2v) is 10.8. The van der Waals surface area contributed by atoms with E-state index in [2.05, 4.69) is 108 Å². The summed E-state index contributed by atoms with van der Waals surface area (Å²) in [5.74, 6) is 0. The molecule has 0 saturated heterocycles. The Morgan fingerprint density at radius 2 is 1.38 bits per heavy atom. The molecular formula is C31H16ClIO. The van der Waals surface area contributed by atoms with E-state index in [1.54, 1.807) is 0 Å². The molecule has 0 fully saturated rings. The van der Waals surface area contributed by atoms with Gasteiger partial charge in [-0.05, 0) is 91.9 Å². The number of furan rings is 1. The maximum atomic E-state index is 6.67. The second-order valence-electron chi connectivity index (χ2n) is 9.14. The zero-order valence-corrected chi connectivity index (χ0v) is 20.8. The first-order chi connectivity index (χ1) is 16.7. The van der Waals surface area contributed by atoms with Crippen LogP contribution in [-0.4, -0.2) is 0 Å². The van der Waals surface area contributed by atoms with Crippen molar-refractivity contribution in [1.29, 1.82) is 0 Å². The van der Waals surface area contributed by atoms with Gasteiger partial charge in [-0.2, -0.15) is 0 Å². The van der Waals surface area contributed by atoms with E-state index in [4.69, 9.17) is 16.0 Å². The maximum absolute atomic E-state index is 6.67. The maximum Gasteiger partial charge on any atom is 0.143 e.